The highest BCUT2D eigenvalue weighted by Crippen LogP contribution is 2.37. The summed E-state index contributed by atoms with van der Waals surface area (Å²) in [6, 6.07) is 8.22. The minimum atomic E-state index is -0.483. The van der Waals surface area contributed by atoms with Crippen LogP contribution in [0.5, 0.6) is 11.5 Å². The number of anilines is 2. The lowest BCUT2D eigenvalue weighted by Gasteiger charge is -2.30. The van der Waals surface area contributed by atoms with E-state index in [2.05, 4.69) is 20.2 Å². The van der Waals surface area contributed by atoms with Crippen LogP contribution in [0.15, 0.2) is 36.7 Å². The molecule has 38 heavy (non-hydrogen) atoms. The molecule has 1 saturated carbocycles. The van der Waals surface area contributed by atoms with Crippen LogP contribution < -0.4 is 14.8 Å². The summed E-state index contributed by atoms with van der Waals surface area (Å²) >= 11 is 5.96. The number of morpholine rings is 1. The van der Waals surface area contributed by atoms with Crippen molar-refractivity contribution in [2.75, 3.05) is 31.6 Å². The van der Waals surface area contributed by atoms with Gasteiger partial charge < -0.3 is 19.5 Å². The standard InChI is InChI=1S/C28H32ClFN4O4/c1-18-15-34(16-27(35)37-18)10-4-5-11-36-25-13-21-24(14-26(25)38-20-6-2-3-7-20)31-17-32-28(21)33-19-8-9-23(30)22(29)12-19/h8-9,12-14,17-18,20H,2-7,10-11,15-16H2,1H3,(H,31,32,33)/t18-/m1/s1. The Labute approximate surface area is 226 Å². The van der Waals surface area contributed by atoms with Gasteiger partial charge in [0.15, 0.2) is 11.5 Å². The number of nitrogens with one attached hydrogen (secondary N) is 1. The summed E-state index contributed by atoms with van der Waals surface area (Å²) in [4.78, 5) is 22.7. The van der Waals surface area contributed by atoms with E-state index < -0.39 is 5.82 Å². The number of ether oxygens (including phenoxy) is 3. The van der Waals surface area contributed by atoms with Crippen LogP contribution in [0.3, 0.4) is 0 Å². The molecule has 0 amide bonds. The van der Waals surface area contributed by atoms with Gasteiger partial charge in [-0.25, -0.2) is 14.4 Å². The van der Waals surface area contributed by atoms with Crippen LogP contribution in [0.2, 0.25) is 5.02 Å². The monoisotopic (exact) mass is 542 g/mol. The van der Waals surface area contributed by atoms with Crippen LogP contribution in [0.25, 0.3) is 10.9 Å². The maximum atomic E-state index is 13.6. The van der Waals surface area contributed by atoms with Gasteiger partial charge in [-0.3, -0.25) is 9.69 Å². The van der Waals surface area contributed by atoms with Crippen molar-refractivity contribution in [1.29, 1.82) is 0 Å². The molecule has 1 aliphatic carbocycles. The Morgan fingerprint density at radius 3 is 2.79 bits per heavy atom. The van der Waals surface area contributed by atoms with Crippen LogP contribution in [-0.4, -0.2) is 59.3 Å². The first-order valence-corrected chi connectivity index (χ1v) is 13.5. The van der Waals surface area contributed by atoms with Crippen LogP contribution >= 0.6 is 11.6 Å². The highest BCUT2D eigenvalue weighted by Gasteiger charge is 2.23. The molecule has 3 aromatic rings. The van der Waals surface area contributed by atoms with Gasteiger partial charge >= 0.3 is 5.97 Å². The van der Waals surface area contributed by atoms with Crippen molar-refractivity contribution in [1.82, 2.24) is 14.9 Å². The number of carbonyl (C=O) groups is 1. The second-order valence-electron chi connectivity index (χ2n) is 9.91. The number of hydrogen-bond donors (Lipinski definition) is 1. The molecule has 2 aromatic carbocycles. The summed E-state index contributed by atoms with van der Waals surface area (Å²) in [5.74, 6) is 1.21. The molecule has 2 fully saturated rings. The molecule has 202 valence electrons. The molecule has 1 saturated heterocycles. The van der Waals surface area contributed by atoms with Crippen LogP contribution in [-0.2, 0) is 9.53 Å². The Hall–Kier alpha value is -3.17. The number of unbranched alkanes of at least 4 members (excludes halogenated alkanes) is 1. The number of nitrogens with zero attached hydrogens (tertiary/aromatic N) is 3. The molecule has 0 bridgehead atoms. The van der Waals surface area contributed by atoms with Crippen molar-refractivity contribution in [2.24, 2.45) is 0 Å². The fraction of sp³-hybridized carbons (Fsp3) is 0.464. The van der Waals surface area contributed by atoms with Gasteiger partial charge in [-0.05, 0) is 76.3 Å². The van der Waals surface area contributed by atoms with Gasteiger partial charge in [-0.2, -0.15) is 0 Å². The number of aromatic nitrogens is 2. The smallest absolute Gasteiger partial charge is 0.320 e. The van der Waals surface area contributed by atoms with Crippen molar-refractivity contribution >= 4 is 40.0 Å². The van der Waals surface area contributed by atoms with E-state index in [1.54, 1.807) is 6.07 Å². The number of fused-ring (bicyclic) bond motifs is 1. The number of halogens is 2. The topological polar surface area (TPSA) is 85.8 Å². The predicted octanol–water partition coefficient (Wildman–Crippen LogP) is 5.89. The number of hydrogen-bond acceptors (Lipinski definition) is 8. The highest BCUT2D eigenvalue weighted by molar-refractivity contribution is 6.31. The zero-order valence-electron chi connectivity index (χ0n) is 21.4. The number of benzene rings is 2. The first-order chi connectivity index (χ1) is 18.4. The zero-order valence-corrected chi connectivity index (χ0v) is 22.2. The molecule has 2 heterocycles. The van der Waals surface area contributed by atoms with Crippen molar-refractivity contribution < 1.29 is 23.4 Å². The second kappa shape index (κ2) is 12.1. The molecule has 1 aromatic heterocycles. The van der Waals surface area contributed by atoms with E-state index in [9.17, 15) is 9.18 Å². The van der Waals surface area contributed by atoms with Gasteiger partial charge in [-0.15, -0.1) is 0 Å². The SMILES string of the molecule is C[C@@H]1CN(CCCCOc2cc3c(Nc4ccc(F)c(Cl)c4)ncnc3cc2OC2CCCC2)CC(=O)O1. The predicted molar refractivity (Wildman–Crippen MR) is 144 cm³/mol. The fourth-order valence-corrected chi connectivity index (χ4v) is 5.15. The molecule has 8 nitrogen and oxygen atoms in total. The van der Waals surface area contributed by atoms with Crippen molar-refractivity contribution in [3.8, 4) is 11.5 Å². The maximum Gasteiger partial charge on any atom is 0.320 e. The highest BCUT2D eigenvalue weighted by atomic mass is 35.5. The van der Waals surface area contributed by atoms with Gasteiger partial charge in [0.05, 0.1) is 29.8 Å². The van der Waals surface area contributed by atoms with Crippen molar-refractivity contribution in [3.63, 3.8) is 0 Å². The molecule has 0 spiro atoms. The molecule has 10 heteroatoms. The van der Waals surface area contributed by atoms with Crippen LogP contribution in [0.1, 0.15) is 45.4 Å². The van der Waals surface area contributed by atoms with Gasteiger partial charge in [0.25, 0.3) is 0 Å². The van der Waals surface area contributed by atoms with Gasteiger partial charge in [0.2, 0.25) is 0 Å². The van der Waals surface area contributed by atoms with Crippen LogP contribution in [0, 0.1) is 5.82 Å². The summed E-state index contributed by atoms with van der Waals surface area (Å²) in [6.07, 6.45) is 7.66. The Morgan fingerprint density at radius 2 is 2.00 bits per heavy atom. The Balaban J connectivity index is 1.31. The number of rotatable bonds is 10. The maximum absolute atomic E-state index is 13.6. The molecule has 1 aliphatic heterocycles. The largest absolute Gasteiger partial charge is 0.490 e. The quantitative estimate of drug-likeness (QED) is 0.250. The molecule has 0 radical (unpaired) electrons. The third kappa shape index (κ3) is 6.63. The molecule has 1 N–H and O–H groups in total. The Morgan fingerprint density at radius 1 is 1.16 bits per heavy atom. The van der Waals surface area contributed by atoms with Gasteiger partial charge in [0.1, 0.15) is 24.1 Å². The molecule has 1 atom stereocenters. The zero-order chi connectivity index (χ0) is 26.5. The lowest BCUT2D eigenvalue weighted by atomic mass is 10.2. The van der Waals surface area contributed by atoms with E-state index in [4.69, 9.17) is 25.8 Å². The van der Waals surface area contributed by atoms with Crippen molar-refractivity contribution in [3.05, 3.63) is 47.5 Å². The molecule has 5 rings (SSSR count). The number of esters is 1. The molecular formula is C28H32ClFN4O4. The van der Waals surface area contributed by atoms with Gasteiger partial charge in [0, 0.05) is 23.7 Å². The van der Waals surface area contributed by atoms with E-state index in [1.165, 1.54) is 18.5 Å². The van der Waals surface area contributed by atoms with E-state index in [-0.39, 0.29) is 23.2 Å². The van der Waals surface area contributed by atoms with Crippen LogP contribution in [0.4, 0.5) is 15.9 Å². The fourth-order valence-electron chi connectivity index (χ4n) is 4.96. The average molecular weight is 543 g/mol. The normalized spacial score (nSPS) is 18.5. The van der Waals surface area contributed by atoms with E-state index in [0.717, 1.165) is 57.0 Å². The minimum Gasteiger partial charge on any atom is -0.490 e. The van der Waals surface area contributed by atoms with Crippen molar-refractivity contribution in [2.45, 2.75) is 57.7 Å². The summed E-state index contributed by atoms with van der Waals surface area (Å²) in [7, 11) is 0. The third-order valence-electron chi connectivity index (χ3n) is 6.81. The molecule has 2 aliphatic rings. The summed E-state index contributed by atoms with van der Waals surface area (Å²) in [5.41, 5.74) is 1.32. The number of carbonyl (C=O) groups excluding carboxylic acids is 1. The van der Waals surface area contributed by atoms with E-state index in [1.807, 2.05) is 19.1 Å². The number of cyclic esters (lactones) is 1. The Bertz CT molecular complexity index is 1290. The van der Waals surface area contributed by atoms with E-state index in [0.29, 0.717) is 41.7 Å². The summed E-state index contributed by atoms with van der Waals surface area (Å²) in [6.45, 7) is 4.32. The summed E-state index contributed by atoms with van der Waals surface area (Å²) < 4.78 is 31.4. The van der Waals surface area contributed by atoms with E-state index >= 15 is 0 Å². The third-order valence-corrected chi connectivity index (χ3v) is 7.10. The average Bonchev–Trinajstić information content (AvgIpc) is 3.39. The second-order valence-corrected chi connectivity index (χ2v) is 10.3. The molecular weight excluding hydrogens is 511 g/mol. The Kier molecular flexibility index (Phi) is 8.44. The molecule has 0 unspecified atom stereocenters. The lowest BCUT2D eigenvalue weighted by Crippen LogP contribution is -2.44. The van der Waals surface area contributed by atoms with Gasteiger partial charge in [-0.1, -0.05) is 11.6 Å². The first-order valence-electron chi connectivity index (χ1n) is 13.2. The minimum absolute atomic E-state index is 0.0283. The first kappa shape index (κ1) is 26.4. The lowest BCUT2D eigenvalue weighted by molar-refractivity contribution is -0.157. The summed E-state index contributed by atoms with van der Waals surface area (Å²) in [5, 5.41) is 3.99.